The first-order valence-electron chi connectivity index (χ1n) is 11.4. The van der Waals surface area contributed by atoms with Gasteiger partial charge in [0, 0.05) is 60.9 Å². The lowest BCUT2D eigenvalue weighted by Crippen LogP contribution is -2.44. The van der Waals surface area contributed by atoms with E-state index < -0.39 is 6.04 Å². The smallest absolute Gasteiger partial charge is 0.247 e. The molecule has 2 aromatic heterocycles. The monoisotopic (exact) mass is 441 g/mol. The van der Waals surface area contributed by atoms with E-state index in [-0.39, 0.29) is 11.8 Å². The van der Waals surface area contributed by atoms with Gasteiger partial charge in [0.2, 0.25) is 11.8 Å². The summed E-state index contributed by atoms with van der Waals surface area (Å²) in [4.78, 5) is 32.8. The fraction of sp³-hybridized carbons (Fsp3) is 0.269. The molecule has 1 aliphatic heterocycles. The summed E-state index contributed by atoms with van der Waals surface area (Å²) in [6, 6.07) is 14.9. The van der Waals surface area contributed by atoms with E-state index in [2.05, 4.69) is 26.4 Å². The maximum atomic E-state index is 13.0. The first kappa shape index (κ1) is 21.0. The van der Waals surface area contributed by atoms with Crippen molar-refractivity contribution in [3.63, 3.8) is 0 Å². The Kier molecular flexibility index (Phi) is 5.69. The normalized spacial score (nSPS) is 14.0. The summed E-state index contributed by atoms with van der Waals surface area (Å²) in [6.07, 6.45) is 7.81. The third-order valence-electron chi connectivity index (χ3n) is 6.15. The average molecular weight is 442 g/mol. The van der Waals surface area contributed by atoms with Crippen LogP contribution in [0.4, 0.5) is 5.69 Å². The van der Waals surface area contributed by atoms with Gasteiger partial charge in [0.15, 0.2) is 0 Å². The Balaban J connectivity index is 1.30. The second-order valence-corrected chi connectivity index (χ2v) is 8.58. The molecule has 1 aliphatic rings. The zero-order valence-corrected chi connectivity index (χ0v) is 18.6. The minimum Gasteiger partial charge on any atom is -0.361 e. The molecule has 2 amide bonds. The lowest BCUT2D eigenvalue weighted by molar-refractivity contribution is -0.125. The number of rotatable bonds is 6. The minimum absolute atomic E-state index is 0.242. The molecule has 1 atom stereocenters. The fourth-order valence-corrected chi connectivity index (χ4v) is 4.48. The van der Waals surface area contributed by atoms with Gasteiger partial charge in [-0.05, 0) is 36.6 Å². The first-order chi connectivity index (χ1) is 16.1. The van der Waals surface area contributed by atoms with Gasteiger partial charge in [-0.3, -0.25) is 9.59 Å². The van der Waals surface area contributed by atoms with Crippen LogP contribution >= 0.6 is 0 Å². The Hall–Kier alpha value is -3.87. The minimum atomic E-state index is -0.679. The van der Waals surface area contributed by atoms with Crippen molar-refractivity contribution in [1.29, 1.82) is 0 Å². The number of nitrogens with zero attached hydrogens (tertiary/aromatic N) is 2. The van der Waals surface area contributed by atoms with Crippen LogP contribution in [-0.4, -0.2) is 32.4 Å². The highest BCUT2D eigenvalue weighted by Gasteiger charge is 2.22. The van der Waals surface area contributed by atoms with Gasteiger partial charge in [-0.15, -0.1) is 0 Å². The van der Waals surface area contributed by atoms with Crippen LogP contribution in [0.1, 0.15) is 31.2 Å². The topological polar surface area (TPSA) is 91.8 Å². The predicted molar refractivity (Wildman–Crippen MR) is 129 cm³/mol. The van der Waals surface area contributed by atoms with Crippen molar-refractivity contribution in [3.8, 4) is 11.3 Å². The van der Waals surface area contributed by atoms with Gasteiger partial charge in [-0.25, -0.2) is 4.98 Å². The van der Waals surface area contributed by atoms with Crippen LogP contribution in [0, 0.1) is 0 Å². The summed E-state index contributed by atoms with van der Waals surface area (Å²) >= 11 is 0. The number of fused-ring (bicyclic) bond motifs is 2. The van der Waals surface area contributed by atoms with E-state index in [0.29, 0.717) is 12.1 Å². The number of aromatic nitrogens is 3. The number of hydrogen-bond donors (Lipinski definition) is 3. The summed E-state index contributed by atoms with van der Waals surface area (Å²) in [5.41, 5.74) is 4.65. The molecule has 5 rings (SSSR count). The first-order valence-corrected chi connectivity index (χ1v) is 11.4. The third kappa shape index (κ3) is 4.53. The zero-order valence-electron chi connectivity index (χ0n) is 18.6. The van der Waals surface area contributed by atoms with E-state index in [4.69, 9.17) is 4.98 Å². The highest BCUT2D eigenvalue weighted by Crippen LogP contribution is 2.24. The van der Waals surface area contributed by atoms with E-state index in [1.165, 1.54) is 19.8 Å². The Labute approximate surface area is 192 Å². The molecule has 2 aromatic carbocycles. The molecule has 0 saturated heterocycles. The van der Waals surface area contributed by atoms with Crippen LogP contribution < -0.4 is 10.6 Å². The van der Waals surface area contributed by atoms with Gasteiger partial charge in [-0.1, -0.05) is 30.3 Å². The van der Waals surface area contributed by atoms with E-state index in [1.54, 1.807) is 0 Å². The molecular weight excluding hydrogens is 414 g/mol. The molecule has 7 nitrogen and oxygen atoms in total. The van der Waals surface area contributed by atoms with Crippen molar-refractivity contribution in [3.05, 3.63) is 72.3 Å². The molecule has 168 valence electrons. The summed E-state index contributed by atoms with van der Waals surface area (Å²) < 4.78 is 2.23. The largest absolute Gasteiger partial charge is 0.361 e. The summed E-state index contributed by atoms with van der Waals surface area (Å²) in [5, 5.41) is 6.79. The number of amides is 2. The van der Waals surface area contributed by atoms with Crippen molar-refractivity contribution in [2.24, 2.45) is 0 Å². The Morgan fingerprint density at radius 3 is 2.73 bits per heavy atom. The highest BCUT2D eigenvalue weighted by atomic mass is 16.2. The van der Waals surface area contributed by atoms with Crippen molar-refractivity contribution in [1.82, 2.24) is 19.9 Å². The number of H-pyrrole nitrogens is 1. The Morgan fingerprint density at radius 1 is 1.12 bits per heavy atom. The molecule has 0 bridgehead atoms. The van der Waals surface area contributed by atoms with Crippen LogP contribution in [-0.2, 0) is 29.0 Å². The number of nitrogens with one attached hydrogen (secondary N) is 3. The summed E-state index contributed by atoms with van der Waals surface area (Å²) in [5.74, 6) is 0.652. The maximum Gasteiger partial charge on any atom is 0.247 e. The van der Waals surface area contributed by atoms with Crippen LogP contribution in [0.15, 0.2) is 60.9 Å². The number of imidazole rings is 1. The van der Waals surface area contributed by atoms with E-state index in [0.717, 1.165) is 46.5 Å². The number of hydrogen-bond acceptors (Lipinski definition) is 3. The SMILES string of the molecule is CC(=O)NC(Cc1c[nH]c2ccccc12)C(=O)Nc1ccc(-c2cn3c(n2)CCCC3)cc1. The lowest BCUT2D eigenvalue weighted by atomic mass is 10.0. The Bertz CT molecular complexity index is 1280. The number of para-hydroxylation sites is 1. The van der Waals surface area contributed by atoms with Crippen molar-refractivity contribution >= 4 is 28.4 Å². The van der Waals surface area contributed by atoms with Gasteiger partial charge in [-0.2, -0.15) is 0 Å². The molecule has 33 heavy (non-hydrogen) atoms. The van der Waals surface area contributed by atoms with Gasteiger partial charge in [0.25, 0.3) is 0 Å². The van der Waals surface area contributed by atoms with Gasteiger partial charge in [0.1, 0.15) is 11.9 Å². The second kappa shape index (κ2) is 8.94. The molecule has 3 heterocycles. The molecule has 0 fully saturated rings. The predicted octanol–water partition coefficient (Wildman–Crippen LogP) is 4.05. The van der Waals surface area contributed by atoms with Crippen molar-refractivity contribution < 1.29 is 9.59 Å². The van der Waals surface area contributed by atoms with Gasteiger partial charge < -0.3 is 20.2 Å². The van der Waals surface area contributed by atoms with Crippen LogP contribution in [0.3, 0.4) is 0 Å². The number of carbonyl (C=O) groups excluding carboxylic acids is 2. The number of aromatic amines is 1. The van der Waals surface area contributed by atoms with Gasteiger partial charge in [0.05, 0.1) is 5.69 Å². The fourth-order valence-electron chi connectivity index (χ4n) is 4.48. The zero-order chi connectivity index (χ0) is 22.8. The molecule has 0 radical (unpaired) electrons. The van der Waals surface area contributed by atoms with Crippen molar-refractivity contribution in [2.45, 2.75) is 45.2 Å². The van der Waals surface area contributed by atoms with E-state index in [1.807, 2.05) is 54.7 Å². The van der Waals surface area contributed by atoms with Crippen LogP contribution in [0.2, 0.25) is 0 Å². The number of carbonyl (C=O) groups is 2. The second-order valence-electron chi connectivity index (χ2n) is 8.58. The molecule has 0 spiro atoms. The Morgan fingerprint density at radius 2 is 1.94 bits per heavy atom. The number of benzene rings is 2. The van der Waals surface area contributed by atoms with Gasteiger partial charge >= 0.3 is 0 Å². The van der Waals surface area contributed by atoms with E-state index >= 15 is 0 Å². The average Bonchev–Trinajstić information content (AvgIpc) is 3.43. The molecule has 3 N–H and O–H groups in total. The molecule has 4 aromatic rings. The van der Waals surface area contributed by atoms with E-state index in [9.17, 15) is 9.59 Å². The molecule has 7 heteroatoms. The quantitative estimate of drug-likeness (QED) is 0.421. The summed E-state index contributed by atoms with van der Waals surface area (Å²) in [7, 11) is 0. The maximum absolute atomic E-state index is 13.0. The third-order valence-corrected chi connectivity index (χ3v) is 6.15. The molecular formula is C26H27N5O2. The molecule has 1 unspecified atom stereocenters. The van der Waals surface area contributed by atoms with Crippen molar-refractivity contribution in [2.75, 3.05) is 5.32 Å². The van der Waals surface area contributed by atoms with Crippen LogP contribution in [0.25, 0.3) is 22.2 Å². The highest BCUT2D eigenvalue weighted by molar-refractivity contribution is 5.97. The molecule has 0 saturated carbocycles. The lowest BCUT2D eigenvalue weighted by Gasteiger charge is -2.17. The summed E-state index contributed by atoms with van der Waals surface area (Å²) in [6.45, 7) is 2.45. The number of anilines is 1. The molecule has 0 aliphatic carbocycles. The van der Waals surface area contributed by atoms with Crippen LogP contribution in [0.5, 0.6) is 0 Å². The standard InChI is InChI=1S/C26H27N5O2/c1-17(32)28-23(14-19-15-27-22-7-3-2-6-21(19)22)26(33)29-20-11-9-18(10-12-20)24-16-31-13-5-4-8-25(31)30-24/h2-3,6-7,9-12,15-16,23,27H,4-5,8,13-14H2,1H3,(H,28,32)(H,29,33). The number of aryl methyl sites for hydroxylation is 2.